The molecule has 2 heterocycles. The van der Waals surface area contributed by atoms with E-state index in [1.807, 2.05) is 0 Å². The molecule has 0 aromatic rings. The van der Waals surface area contributed by atoms with Crippen LogP contribution in [0, 0.1) is 5.92 Å². The Hall–Kier alpha value is -1.16. The van der Waals surface area contributed by atoms with Gasteiger partial charge in [0.2, 0.25) is 0 Å². The Labute approximate surface area is 75.5 Å². The predicted octanol–water partition coefficient (Wildman–Crippen LogP) is 0.0720. The number of fused-ring (bicyclic) bond motifs is 2. The molecule has 13 heavy (non-hydrogen) atoms. The van der Waals surface area contributed by atoms with E-state index in [-0.39, 0.29) is 5.78 Å². The van der Waals surface area contributed by atoms with Gasteiger partial charge >= 0.3 is 5.97 Å². The van der Waals surface area contributed by atoms with Crippen LogP contribution in [0.3, 0.4) is 0 Å². The van der Waals surface area contributed by atoms with Gasteiger partial charge in [-0.15, -0.1) is 0 Å². The minimum Gasteiger partial charge on any atom is -0.465 e. The molecule has 0 aromatic heterocycles. The third-order valence-electron chi connectivity index (χ3n) is 2.24. The molecule has 0 amide bonds. The molecular weight excluding hydrogens is 172 g/mol. The summed E-state index contributed by atoms with van der Waals surface area (Å²) in [5, 5.41) is 0. The molecule has 0 spiro atoms. The normalized spacial score (nSPS) is 35.5. The molecule has 0 aliphatic carbocycles. The van der Waals surface area contributed by atoms with Crippen molar-refractivity contribution in [2.24, 2.45) is 5.92 Å². The zero-order chi connectivity index (χ0) is 9.42. The van der Waals surface area contributed by atoms with Gasteiger partial charge in [0.15, 0.2) is 5.78 Å². The molecule has 0 aromatic carbocycles. The number of Topliss-reactive ketones (excluding diaryl/α,β-unsaturated/α-hetero) is 1. The van der Waals surface area contributed by atoms with Crippen molar-refractivity contribution in [3.8, 4) is 0 Å². The lowest BCUT2D eigenvalue weighted by Crippen LogP contribution is -2.32. The van der Waals surface area contributed by atoms with Gasteiger partial charge in [-0.3, -0.25) is 9.59 Å². The molecule has 3 atom stereocenters. The van der Waals surface area contributed by atoms with E-state index in [4.69, 9.17) is 9.47 Å². The summed E-state index contributed by atoms with van der Waals surface area (Å²) in [5.41, 5.74) is 0. The third kappa shape index (κ3) is 1.18. The van der Waals surface area contributed by atoms with Gasteiger partial charge in [-0.25, -0.2) is 0 Å². The van der Waals surface area contributed by atoms with Crippen molar-refractivity contribution in [1.82, 2.24) is 0 Å². The molecule has 1 fully saturated rings. The van der Waals surface area contributed by atoms with Gasteiger partial charge in [-0.1, -0.05) is 6.08 Å². The summed E-state index contributed by atoms with van der Waals surface area (Å²) in [6.07, 6.45) is 2.52. The second-order valence-corrected chi connectivity index (χ2v) is 3.04. The van der Waals surface area contributed by atoms with E-state index in [1.165, 1.54) is 0 Å². The van der Waals surface area contributed by atoms with Crippen LogP contribution in [-0.4, -0.2) is 30.6 Å². The average Bonchev–Trinajstić information content (AvgIpc) is 2.63. The highest BCUT2D eigenvalue weighted by Crippen LogP contribution is 2.31. The van der Waals surface area contributed by atoms with Crippen LogP contribution in [0.5, 0.6) is 0 Å². The van der Waals surface area contributed by atoms with Crippen molar-refractivity contribution in [3.05, 3.63) is 12.2 Å². The van der Waals surface area contributed by atoms with Crippen molar-refractivity contribution in [3.63, 3.8) is 0 Å². The summed E-state index contributed by atoms with van der Waals surface area (Å²) in [4.78, 5) is 22.7. The molecule has 0 unspecified atom stereocenters. The standard InChI is InChI=1S/C9H10O4/c1-2-12-9(11)7-5-3-4-6(13-5)8(7)10/h3-7H,2H2,1H3/t5-,6-,7+/m1/s1. The van der Waals surface area contributed by atoms with Crippen LogP contribution in [0.1, 0.15) is 6.92 Å². The number of hydrogen-bond donors (Lipinski definition) is 0. The number of ether oxygens (including phenoxy) is 2. The second-order valence-electron chi connectivity index (χ2n) is 3.04. The molecule has 4 heteroatoms. The summed E-state index contributed by atoms with van der Waals surface area (Å²) in [6.45, 7) is 2.01. The predicted molar refractivity (Wildman–Crippen MR) is 42.9 cm³/mol. The summed E-state index contributed by atoms with van der Waals surface area (Å²) in [5.74, 6) is -1.37. The number of carbonyl (C=O) groups excluding carboxylic acids is 2. The summed E-state index contributed by atoms with van der Waals surface area (Å²) >= 11 is 0. The van der Waals surface area contributed by atoms with E-state index in [0.717, 1.165) is 0 Å². The van der Waals surface area contributed by atoms with E-state index in [9.17, 15) is 9.59 Å². The van der Waals surface area contributed by atoms with Gasteiger partial charge < -0.3 is 9.47 Å². The van der Waals surface area contributed by atoms with Gasteiger partial charge in [0.25, 0.3) is 0 Å². The molecule has 2 aliphatic heterocycles. The summed E-state index contributed by atoms with van der Waals surface area (Å²) in [6, 6.07) is 0. The van der Waals surface area contributed by atoms with E-state index < -0.39 is 24.1 Å². The lowest BCUT2D eigenvalue weighted by Gasteiger charge is -2.11. The zero-order valence-electron chi connectivity index (χ0n) is 7.23. The summed E-state index contributed by atoms with van der Waals surface area (Å²) in [7, 11) is 0. The van der Waals surface area contributed by atoms with Gasteiger partial charge in [0, 0.05) is 0 Å². The van der Waals surface area contributed by atoms with Crippen LogP contribution in [0.25, 0.3) is 0 Å². The number of esters is 1. The van der Waals surface area contributed by atoms with E-state index in [0.29, 0.717) is 6.61 Å². The highest BCUT2D eigenvalue weighted by molar-refractivity contribution is 6.05. The Morgan fingerprint density at radius 3 is 2.92 bits per heavy atom. The lowest BCUT2D eigenvalue weighted by molar-refractivity contribution is -0.151. The molecule has 2 rings (SSSR count). The van der Waals surface area contributed by atoms with Crippen LogP contribution in [0.2, 0.25) is 0 Å². The van der Waals surface area contributed by atoms with Crippen molar-refractivity contribution < 1.29 is 19.1 Å². The molecule has 4 nitrogen and oxygen atoms in total. The van der Waals surface area contributed by atoms with Gasteiger partial charge in [-0.2, -0.15) is 0 Å². The molecule has 2 aliphatic rings. The minimum absolute atomic E-state index is 0.175. The highest BCUT2D eigenvalue weighted by Gasteiger charge is 2.49. The molecule has 1 saturated heterocycles. The van der Waals surface area contributed by atoms with Crippen molar-refractivity contribution >= 4 is 11.8 Å². The Bertz CT molecular complexity index is 281. The van der Waals surface area contributed by atoms with Crippen molar-refractivity contribution in [1.29, 1.82) is 0 Å². The first-order valence-electron chi connectivity index (χ1n) is 4.28. The number of ketones is 1. The maximum atomic E-state index is 11.4. The Morgan fingerprint density at radius 2 is 2.38 bits per heavy atom. The molecule has 70 valence electrons. The SMILES string of the molecule is CCOC(=O)[C@@H]1C(=O)[C@H]2C=C[C@H]1O2. The molecule has 0 radical (unpaired) electrons. The highest BCUT2D eigenvalue weighted by atomic mass is 16.5. The van der Waals surface area contributed by atoms with Crippen LogP contribution < -0.4 is 0 Å². The quantitative estimate of drug-likeness (QED) is 0.344. The fraction of sp³-hybridized carbons (Fsp3) is 0.556. The fourth-order valence-corrected chi connectivity index (χ4v) is 1.64. The second kappa shape index (κ2) is 2.96. The maximum absolute atomic E-state index is 11.4. The zero-order valence-corrected chi connectivity index (χ0v) is 7.23. The third-order valence-corrected chi connectivity index (χ3v) is 2.24. The van der Waals surface area contributed by atoms with E-state index >= 15 is 0 Å². The van der Waals surface area contributed by atoms with Crippen LogP contribution in [0.15, 0.2) is 12.2 Å². The topological polar surface area (TPSA) is 52.6 Å². The number of rotatable bonds is 2. The monoisotopic (exact) mass is 182 g/mol. The molecule has 0 N–H and O–H groups in total. The first-order chi connectivity index (χ1) is 6.24. The van der Waals surface area contributed by atoms with E-state index in [1.54, 1.807) is 19.1 Å². The van der Waals surface area contributed by atoms with Crippen LogP contribution in [0.4, 0.5) is 0 Å². The lowest BCUT2D eigenvalue weighted by atomic mass is 9.93. The van der Waals surface area contributed by atoms with Crippen LogP contribution in [-0.2, 0) is 19.1 Å². The average molecular weight is 182 g/mol. The Morgan fingerprint density at radius 1 is 1.62 bits per heavy atom. The Kier molecular flexibility index (Phi) is 1.92. The first-order valence-corrected chi connectivity index (χ1v) is 4.28. The molecule has 2 bridgehead atoms. The van der Waals surface area contributed by atoms with Gasteiger partial charge in [0.1, 0.15) is 12.0 Å². The first kappa shape index (κ1) is 8.44. The number of carbonyl (C=O) groups is 2. The largest absolute Gasteiger partial charge is 0.465 e. The van der Waals surface area contributed by atoms with Gasteiger partial charge in [-0.05, 0) is 13.0 Å². The Balaban J connectivity index is 2.13. The van der Waals surface area contributed by atoms with E-state index in [2.05, 4.69) is 0 Å². The molecule has 0 saturated carbocycles. The molecular formula is C9H10O4. The number of hydrogen-bond acceptors (Lipinski definition) is 4. The van der Waals surface area contributed by atoms with Crippen molar-refractivity contribution in [2.45, 2.75) is 19.1 Å². The van der Waals surface area contributed by atoms with Gasteiger partial charge in [0.05, 0.1) is 12.7 Å². The maximum Gasteiger partial charge on any atom is 0.319 e. The fourth-order valence-electron chi connectivity index (χ4n) is 1.64. The van der Waals surface area contributed by atoms with Crippen molar-refractivity contribution in [2.75, 3.05) is 6.61 Å². The smallest absolute Gasteiger partial charge is 0.319 e. The van der Waals surface area contributed by atoms with Crippen LogP contribution >= 0.6 is 0 Å². The minimum atomic E-state index is -0.727. The summed E-state index contributed by atoms with van der Waals surface area (Å²) < 4.78 is 9.98.